The highest BCUT2D eigenvalue weighted by Crippen LogP contribution is 2.34. The molecule has 0 radical (unpaired) electrons. The van der Waals surface area contributed by atoms with Gasteiger partial charge in [0.1, 0.15) is 18.8 Å². The van der Waals surface area contributed by atoms with Crippen molar-refractivity contribution in [2.24, 2.45) is 5.92 Å². The molecule has 1 aromatic rings. The van der Waals surface area contributed by atoms with E-state index in [0.717, 1.165) is 4.90 Å². The minimum absolute atomic E-state index is 0.0621. The summed E-state index contributed by atoms with van der Waals surface area (Å²) in [6, 6.07) is 7.50. The molecule has 1 aliphatic heterocycles. The molecule has 0 saturated carbocycles. The van der Waals surface area contributed by atoms with Gasteiger partial charge in [-0.25, -0.2) is 0 Å². The standard InChI is InChI=1S/C18H22N2O5S/c1-12(2)18(3,11-19)20-16(21)9-25-17(22)10-26-13-4-5-14-15(8-13)24-7-6-23-14/h4-5,8,12H,6-7,9-10H2,1-3H3,(H,20,21)/t18-/m0/s1. The number of nitrogens with one attached hydrogen (secondary N) is 1. The highest BCUT2D eigenvalue weighted by molar-refractivity contribution is 8.00. The number of nitrogens with zero attached hydrogens (tertiary/aromatic N) is 1. The Morgan fingerprint density at radius 1 is 1.35 bits per heavy atom. The van der Waals surface area contributed by atoms with Crippen molar-refractivity contribution < 1.29 is 23.8 Å². The van der Waals surface area contributed by atoms with Crippen LogP contribution in [0, 0.1) is 17.2 Å². The Labute approximate surface area is 157 Å². The number of carbonyl (C=O) groups is 2. The first-order valence-corrected chi connectivity index (χ1v) is 9.23. The Bertz CT molecular complexity index is 716. The van der Waals surface area contributed by atoms with Crippen LogP contribution in [-0.4, -0.2) is 43.0 Å². The van der Waals surface area contributed by atoms with Gasteiger partial charge in [-0.1, -0.05) is 13.8 Å². The second-order valence-electron chi connectivity index (χ2n) is 6.27. The second kappa shape index (κ2) is 8.81. The minimum Gasteiger partial charge on any atom is -0.486 e. The largest absolute Gasteiger partial charge is 0.486 e. The first-order valence-electron chi connectivity index (χ1n) is 8.24. The van der Waals surface area contributed by atoms with E-state index in [0.29, 0.717) is 24.7 Å². The summed E-state index contributed by atoms with van der Waals surface area (Å²) in [5.41, 5.74) is -0.997. The van der Waals surface area contributed by atoms with Crippen molar-refractivity contribution in [2.75, 3.05) is 25.6 Å². The number of carbonyl (C=O) groups excluding carboxylic acids is 2. The molecule has 0 aliphatic carbocycles. The van der Waals surface area contributed by atoms with Crippen molar-refractivity contribution in [1.82, 2.24) is 5.32 Å². The Balaban J connectivity index is 1.77. The number of amides is 1. The van der Waals surface area contributed by atoms with E-state index >= 15 is 0 Å². The highest BCUT2D eigenvalue weighted by Gasteiger charge is 2.30. The summed E-state index contributed by atoms with van der Waals surface area (Å²) in [6.45, 7) is 5.91. The molecule has 1 aromatic carbocycles. The molecule has 0 bridgehead atoms. The third-order valence-corrected chi connectivity index (χ3v) is 4.99. The molecule has 1 atom stereocenters. The molecule has 2 rings (SSSR count). The predicted octanol–water partition coefficient (Wildman–Crippen LogP) is 2.15. The third kappa shape index (κ3) is 5.30. The predicted molar refractivity (Wildman–Crippen MR) is 96.1 cm³/mol. The number of nitriles is 1. The summed E-state index contributed by atoms with van der Waals surface area (Å²) >= 11 is 1.28. The minimum atomic E-state index is -0.997. The molecular weight excluding hydrogens is 356 g/mol. The Kier molecular flexibility index (Phi) is 6.75. The monoisotopic (exact) mass is 378 g/mol. The highest BCUT2D eigenvalue weighted by atomic mass is 32.2. The number of benzene rings is 1. The lowest BCUT2D eigenvalue weighted by atomic mass is 9.90. The fraction of sp³-hybridized carbons (Fsp3) is 0.500. The van der Waals surface area contributed by atoms with E-state index in [4.69, 9.17) is 14.2 Å². The van der Waals surface area contributed by atoms with Crippen LogP contribution >= 0.6 is 11.8 Å². The van der Waals surface area contributed by atoms with Crippen LogP contribution in [0.2, 0.25) is 0 Å². The first-order chi connectivity index (χ1) is 12.3. The van der Waals surface area contributed by atoms with Crippen LogP contribution in [0.1, 0.15) is 20.8 Å². The molecule has 7 nitrogen and oxygen atoms in total. The van der Waals surface area contributed by atoms with Gasteiger partial charge in [0, 0.05) is 4.90 Å². The Morgan fingerprint density at radius 3 is 2.69 bits per heavy atom. The van der Waals surface area contributed by atoms with E-state index in [2.05, 4.69) is 11.4 Å². The molecule has 0 saturated heterocycles. The van der Waals surface area contributed by atoms with Gasteiger partial charge in [0.2, 0.25) is 0 Å². The zero-order valence-electron chi connectivity index (χ0n) is 15.0. The molecule has 26 heavy (non-hydrogen) atoms. The van der Waals surface area contributed by atoms with Crippen molar-refractivity contribution >= 4 is 23.6 Å². The lowest BCUT2D eigenvalue weighted by Crippen LogP contribution is -2.50. The number of ether oxygens (including phenoxy) is 3. The van der Waals surface area contributed by atoms with Crippen LogP contribution in [-0.2, 0) is 14.3 Å². The van der Waals surface area contributed by atoms with Crippen molar-refractivity contribution in [2.45, 2.75) is 31.2 Å². The van der Waals surface area contributed by atoms with Crippen molar-refractivity contribution in [1.29, 1.82) is 5.26 Å². The lowest BCUT2D eigenvalue weighted by Gasteiger charge is -2.27. The average Bonchev–Trinajstić information content (AvgIpc) is 2.64. The first kappa shape index (κ1) is 19.9. The lowest BCUT2D eigenvalue weighted by molar-refractivity contribution is -0.146. The van der Waals surface area contributed by atoms with E-state index in [1.165, 1.54) is 11.8 Å². The van der Waals surface area contributed by atoms with Gasteiger partial charge in [0.25, 0.3) is 5.91 Å². The summed E-state index contributed by atoms with van der Waals surface area (Å²) in [5.74, 6) is 0.317. The average molecular weight is 378 g/mol. The summed E-state index contributed by atoms with van der Waals surface area (Å²) < 4.78 is 15.9. The molecule has 1 N–H and O–H groups in total. The van der Waals surface area contributed by atoms with E-state index in [9.17, 15) is 14.9 Å². The number of hydrogen-bond acceptors (Lipinski definition) is 7. The van der Waals surface area contributed by atoms with Gasteiger partial charge in [-0.2, -0.15) is 5.26 Å². The van der Waals surface area contributed by atoms with E-state index < -0.39 is 24.0 Å². The molecule has 140 valence electrons. The van der Waals surface area contributed by atoms with Crippen LogP contribution in [0.3, 0.4) is 0 Å². The van der Waals surface area contributed by atoms with Crippen LogP contribution in [0.5, 0.6) is 11.5 Å². The molecular formula is C18H22N2O5S. The Hall–Kier alpha value is -2.40. The smallest absolute Gasteiger partial charge is 0.316 e. The molecule has 0 fully saturated rings. The topological polar surface area (TPSA) is 97.7 Å². The zero-order valence-corrected chi connectivity index (χ0v) is 15.9. The number of esters is 1. The van der Waals surface area contributed by atoms with Crippen LogP contribution < -0.4 is 14.8 Å². The third-order valence-electron chi connectivity index (χ3n) is 4.02. The fourth-order valence-corrected chi connectivity index (χ4v) is 2.79. The molecule has 0 spiro atoms. The van der Waals surface area contributed by atoms with E-state index in [1.807, 2.05) is 19.9 Å². The zero-order chi connectivity index (χ0) is 19.2. The quantitative estimate of drug-likeness (QED) is 0.573. The van der Waals surface area contributed by atoms with Gasteiger partial charge < -0.3 is 19.5 Å². The molecule has 1 heterocycles. The SMILES string of the molecule is CC(C)[C@](C)(C#N)NC(=O)COC(=O)CSc1ccc2c(c1)OCCO2. The Morgan fingerprint density at radius 2 is 2.04 bits per heavy atom. The molecule has 0 unspecified atom stereocenters. The van der Waals surface area contributed by atoms with Crippen molar-refractivity contribution in [3.05, 3.63) is 18.2 Å². The van der Waals surface area contributed by atoms with Gasteiger partial charge in [-0.05, 0) is 31.0 Å². The van der Waals surface area contributed by atoms with Gasteiger partial charge in [0.05, 0.1) is 11.8 Å². The molecule has 1 amide bonds. The normalized spacial score (nSPS) is 14.9. The number of thioether (sulfide) groups is 1. The van der Waals surface area contributed by atoms with Gasteiger partial charge >= 0.3 is 5.97 Å². The summed E-state index contributed by atoms with van der Waals surface area (Å²) in [5, 5.41) is 11.8. The van der Waals surface area contributed by atoms with E-state index in [-0.39, 0.29) is 11.7 Å². The van der Waals surface area contributed by atoms with Crippen LogP contribution in [0.25, 0.3) is 0 Å². The number of rotatable bonds is 7. The maximum absolute atomic E-state index is 11.9. The van der Waals surface area contributed by atoms with Crippen LogP contribution in [0.15, 0.2) is 23.1 Å². The maximum Gasteiger partial charge on any atom is 0.316 e. The summed E-state index contributed by atoms with van der Waals surface area (Å²) in [7, 11) is 0. The van der Waals surface area contributed by atoms with Crippen molar-refractivity contribution in [3.63, 3.8) is 0 Å². The van der Waals surface area contributed by atoms with Crippen molar-refractivity contribution in [3.8, 4) is 17.6 Å². The number of fused-ring (bicyclic) bond motifs is 1. The summed E-state index contributed by atoms with van der Waals surface area (Å²) in [6.07, 6.45) is 0. The van der Waals surface area contributed by atoms with Gasteiger partial charge in [-0.15, -0.1) is 11.8 Å². The van der Waals surface area contributed by atoms with E-state index in [1.54, 1.807) is 19.1 Å². The maximum atomic E-state index is 11.9. The van der Waals surface area contributed by atoms with Gasteiger partial charge in [0.15, 0.2) is 18.1 Å². The molecule has 0 aromatic heterocycles. The fourth-order valence-electron chi connectivity index (χ4n) is 2.07. The van der Waals surface area contributed by atoms with Crippen LogP contribution in [0.4, 0.5) is 0 Å². The second-order valence-corrected chi connectivity index (χ2v) is 7.32. The number of hydrogen-bond donors (Lipinski definition) is 1. The van der Waals surface area contributed by atoms with Gasteiger partial charge in [-0.3, -0.25) is 9.59 Å². The molecule has 8 heteroatoms. The summed E-state index contributed by atoms with van der Waals surface area (Å²) in [4.78, 5) is 24.6. The molecule has 1 aliphatic rings.